The summed E-state index contributed by atoms with van der Waals surface area (Å²) in [5.74, 6) is 0.602. The van der Waals surface area contributed by atoms with Gasteiger partial charge in [-0.15, -0.1) is 0 Å². The van der Waals surface area contributed by atoms with Crippen LogP contribution >= 0.6 is 0 Å². The molecule has 23 heavy (non-hydrogen) atoms. The maximum absolute atomic E-state index is 12.0. The predicted molar refractivity (Wildman–Crippen MR) is 87.9 cm³/mol. The Balaban J connectivity index is 1.62. The molecule has 5 nitrogen and oxygen atoms in total. The summed E-state index contributed by atoms with van der Waals surface area (Å²) >= 11 is 0. The van der Waals surface area contributed by atoms with Crippen molar-refractivity contribution in [3.8, 4) is 5.88 Å². The summed E-state index contributed by atoms with van der Waals surface area (Å²) in [4.78, 5) is 4.25. The standard InChI is InChI=1S/C17H21NO4S/c1-15-8-10-16(11-9-15)23(19,20)22-14-6-2-5-13-21-17-7-3-4-12-18-17/h3-4,7-12H,2,5-6,13-14H2,1H3. The van der Waals surface area contributed by atoms with Crippen molar-refractivity contribution in [1.82, 2.24) is 4.98 Å². The molecule has 0 atom stereocenters. The Bertz CT molecular complexity index is 684. The van der Waals surface area contributed by atoms with Gasteiger partial charge in [-0.25, -0.2) is 4.98 Å². The Morgan fingerprint density at radius 1 is 0.957 bits per heavy atom. The summed E-state index contributed by atoms with van der Waals surface area (Å²) in [7, 11) is -3.65. The number of aryl methyl sites for hydroxylation is 1. The minimum Gasteiger partial charge on any atom is -0.478 e. The number of rotatable bonds is 9. The predicted octanol–water partition coefficient (Wildman–Crippen LogP) is 3.34. The minimum absolute atomic E-state index is 0.180. The second kappa shape index (κ2) is 8.64. The fraction of sp³-hybridized carbons (Fsp3) is 0.353. The molecule has 2 aromatic rings. The van der Waals surface area contributed by atoms with Crippen LogP contribution in [0.4, 0.5) is 0 Å². The SMILES string of the molecule is Cc1ccc(S(=O)(=O)OCCCCCOc2ccccn2)cc1. The third-order valence-corrected chi connectivity index (χ3v) is 4.55. The van der Waals surface area contributed by atoms with Crippen molar-refractivity contribution in [2.75, 3.05) is 13.2 Å². The quantitative estimate of drug-likeness (QED) is 0.519. The summed E-state index contributed by atoms with van der Waals surface area (Å²) < 4.78 is 34.4. The summed E-state index contributed by atoms with van der Waals surface area (Å²) in [5, 5.41) is 0. The van der Waals surface area contributed by atoms with Gasteiger partial charge in [-0.2, -0.15) is 8.42 Å². The number of hydrogen-bond acceptors (Lipinski definition) is 5. The van der Waals surface area contributed by atoms with Crippen molar-refractivity contribution in [3.05, 3.63) is 54.2 Å². The molecule has 0 amide bonds. The van der Waals surface area contributed by atoms with Crippen molar-refractivity contribution in [2.24, 2.45) is 0 Å². The lowest BCUT2D eigenvalue weighted by Crippen LogP contribution is -2.08. The zero-order valence-corrected chi connectivity index (χ0v) is 14.0. The molecule has 0 N–H and O–H groups in total. The van der Waals surface area contributed by atoms with Crippen LogP contribution < -0.4 is 4.74 Å². The van der Waals surface area contributed by atoms with Crippen LogP contribution in [-0.4, -0.2) is 26.6 Å². The zero-order chi connectivity index (χ0) is 16.5. The molecule has 0 aliphatic rings. The first-order valence-corrected chi connectivity index (χ1v) is 8.99. The maximum Gasteiger partial charge on any atom is 0.296 e. The molecule has 1 aromatic heterocycles. The second-order valence-corrected chi connectivity index (χ2v) is 6.78. The average Bonchev–Trinajstić information content (AvgIpc) is 2.55. The van der Waals surface area contributed by atoms with E-state index < -0.39 is 10.1 Å². The summed E-state index contributed by atoms with van der Waals surface area (Å²) in [6.07, 6.45) is 4.00. The number of benzene rings is 1. The molecule has 1 heterocycles. The minimum atomic E-state index is -3.65. The fourth-order valence-electron chi connectivity index (χ4n) is 1.93. The Morgan fingerprint density at radius 2 is 1.70 bits per heavy atom. The number of hydrogen-bond donors (Lipinski definition) is 0. The normalized spacial score (nSPS) is 11.3. The number of aromatic nitrogens is 1. The zero-order valence-electron chi connectivity index (χ0n) is 13.1. The van der Waals surface area contributed by atoms with E-state index in [0.29, 0.717) is 18.9 Å². The van der Waals surface area contributed by atoms with Crippen LogP contribution in [0.3, 0.4) is 0 Å². The van der Waals surface area contributed by atoms with E-state index in [1.165, 1.54) is 0 Å². The summed E-state index contributed by atoms with van der Waals surface area (Å²) in [6.45, 7) is 2.64. The van der Waals surface area contributed by atoms with Gasteiger partial charge >= 0.3 is 0 Å². The van der Waals surface area contributed by atoms with E-state index in [9.17, 15) is 8.42 Å². The van der Waals surface area contributed by atoms with Crippen molar-refractivity contribution < 1.29 is 17.3 Å². The molecule has 6 heteroatoms. The highest BCUT2D eigenvalue weighted by Crippen LogP contribution is 2.14. The third-order valence-electron chi connectivity index (χ3n) is 3.22. The fourth-order valence-corrected chi connectivity index (χ4v) is 2.87. The number of nitrogens with zero attached hydrogens (tertiary/aromatic N) is 1. The Morgan fingerprint density at radius 3 is 2.39 bits per heavy atom. The largest absolute Gasteiger partial charge is 0.478 e. The van der Waals surface area contributed by atoms with Crippen LogP contribution in [0.15, 0.2) is 53.6 Å². The monoisotopic (exact) mass is 335 g/mol. The topological polar surface area (TPSA) is 65.5 Å². The molecule has 0 aliphatic carbocycles. The Hall–Kier alpha value is -1.92. The van der Waals surface area contributed by atoms with E-state index in [-0.39, 0.29) is 11.5 Å². The van der Waals surface area contributed by atoms with Gasteiger partial charge in [0, 0.05) is 12.3 Å². The van der Waals surface area contributed by atoms with Crippen molar-refractivity contribution in [1.29, 1.82) is 0 Å². The van der Waals surface area contributed by atoms with E-state index in [1.807, 2.05) is 19.1 Å². The van der Waals surface area contributed by atoms with E-state index in [0.717, 1.165) is 18.4 Å². The van der Waals surface area contributed by atoms with E-state index >= 15 is 0 Å². The van der Waals surface area contributed by atoms with Gasteiger partial charge in [0.05, 0.1) is 18.1 Å². The van der Waals surface area contributed by atoms with Gasteiger partial charge in [-0.3, -0.25) is 4.18 Å². The molecular weight excluding hydrogens is 314 g/mol. The molecule has 0 saturated heterocycles. The van der Waals surface area contributed by atoms with Gasteiger partial charge in [-0.05, 0) is 44.4 Å². The summed E-state index contributed by atoms with van der Waals surface area (Å²) in [6, 6.07) is 12.1. The van der Waals surface area contributed by atoms with Crippen LogP contribution in [0, 0.1) is 6.92 Å². The van der Waals surface area contributed by atoms with Gasteiger partial charge in [0.15, 0.2) is 0 Å². The molecule has 0 radical (unpaired) electrons. The number of unbranched alkanes of at least 4 members (excludes halogenated alkanes) is 2. The lowest BCUT2D eigenvalue weighted by atomic mass is 10.2. The Kier molecular flexibility index (Phi) is 6.55. The molecule has 0 spiro atoms. The Labute approximate surface area is 137 Å². The molecule has 0 fully saturated rings. The highest BCUT2D eigenvalue weighted by Gasteiger charge is 2.14. The van der Waals surface area contributed by atoms with E-state index in [1.54, 1.807) is 36.5 Å². The van der Waals surface area contributed by atoms with Crippen LogP contribution in [0.2, 0.25) is 0 Å². The first-order valence-electron chi connectivity index (χ1n) is 7.58. The molecule has 0 aliphatic heterocycles. The smallest absolute Gasteiger partial charge is 0.296 e. The molecular formula is C17H21NO4S. The molecule has 1 aromatic carbocycles. The van der Waals surface area contributed by atoms with Crippen LogP contribution in [0.1, 0.15) is 24.8 Å². The van der Waals surface area contributed by atoms with Gasteiger partial charge in [0.1, 0.15) is 0 Å². The van der Waals surface area contributed by atoms with Gasteiger partial charge in [-0.1, -0.05) is 23.8 Å². The first-order chi connectivity index (χ1) is 11.1. The third kappa shape index (κ3) is 6.00. The van der Waals surface area contributed by atoms with E-state index in [4.69, 9.17) is 8.92 Å². The lowest BCUT2D eigenvalue weighted by molar-refractivity contribution is 0.275. The summed E-state index contributed by atoms with van der Waals surface area (Å²) in [5.41, 5.74) is 1.01. The second-order valence-electron chi connectivity index (χ2n) is 5.17. The average molecular weight is 335 g/mol. The highest BCUT2D eigenvalue weighted by atomic mass is 32.2. The van der Waals surface area contributed by atoms with E-state index in [2.05, 4.69) is 4.98 Å². The van der Waals surface area contributed by atoms with Crippen molar-refractivity contribution in [3.63, 3.8) is 0 Å². The van der Waals surface area contributed by atoms with Gasteiger partial charge in [0.25, 0.3) is 10.1 Å². The number of ether oxygens (including phenoxy) is 1. The van der Waals surface area contributed by atoms with Crippen molar-refractivity contribution >= 4 is 10.1 Å². The van der Waals surface area contributed by atoms with Crippen LogP contribution in [0.5, 0.6) is 5.88 Å². The lowest BCUT2D eigenvalue weighted by Gasteiger charge is -2.07. The van der Waals surface area contributed by atoms with Crippen LogP contribution in [0.25, 0.3) is 0 Å². The molecule has 0 bridgehead atoms. The number of pyridine rings is 1. The maximum atomic E-state index is 12.0. The molecule has 0 unspecified atom stereocenters. The van der Waals surface area contributed by atoms with Gasteiger partial charge < -0.3 is 4.74 Å². The van der Waals surface area contributed by atoms with Gasteiger partial charge in [0.2, 0.25) is 5.88 Å². The molecule has 2 rings (SSSR count). The molecule has 124 valence electrons. The molecule has 0 saturated carbocycles. The first kappa shape index (κ1) is 17.4. The van der Waals surface area contributed by atoms with Crippen LogP contribution in [-0.2, 0) is 14.3 Å². The van der Waals surface area contributed by atoms with Crippen molar-refractivity contribution in [2.45, 2.75) is 31.1 Å². The highest BCUT2D eigenvalue weighted by molar-refractivity contribution is 7.86.